The lowest BCUT2D eigenvalue weighted by Crippen LogP contribution is -2.55. The molecule has 19 heavy (non-hydrogen) atoms. The largest absolute Gasteiger partial charge is 0.408 e. The normalized spacial score (nSPS) is 40.7. The van der Waals surface area contributed by atoms with Gasteiger partial charge in [-0.3, -0.25) is 0 Å². The van der Waals surface area contributed by atoms with Gasteiger partial charge >= 0.3 is 0 Å². The Hall–Kier alpha value is 0.0569. The standard InChI is InChI=1S/C14H28O4Si/c1-9-11-12(18-19(6,7)13(3,4)5)14(17-9,8-16-11)10(2)15/h9-12,15H,8H2,1-7H3/t9-,10?,11-,12-,14+/m0/s1. The molecule has 4 nitrogen and oxygen atoms in total. The molecular weight excluding hydrogens is 260 g/mol. The Kier molecular flexibility index (Phi) is 3.68. The van der Waals surface area contributed by atoms with Crippen LogP contribution < -0.4 is 0 Å². The molecule has 2 bridgehead atoms. The van der Waals surface area contributed by atoms with E-state index < -0.39 is 20.0 Å². The van der Waals surface area contributed by atoms with E-state index in [2.05, 4.69) is 33.9 Å². The lowest BCUT2D eigenvalue weighted by Gasteiger charge is -2.41. The zero-order valence-corrected chi connectivity index (χ0v) is 14.2. The van der Waals surface area contributed by atoms with Crippen molar-refractivity contribution >= 4 is 8.32 Å². The van der Waals surface area contributed by atoms with Gasteiger partial charge in [0.25, 0.3) is 0 Å². The van der Waals surface area contributed by atoms with Crippen LogP contribution in [0.2, 0.25) is 18.1 Å². The molecule has 5 atom stereocenters. The van der Waals surface area contributed by atoms with Crippen LogP contribution in [0.3, 0.4) is 0 Å². The van der Waals surface area contributed by atoms with Crippen LogP contribution in [0.4, 0.5) is 0 Å². The summed E-state index contributed by atoms with van der Waals surface area (Å²) >= 11 is 0. The van der Waals surface area contributed by atoms with Crippen molar-refractivity contribution in [3.05, 3.63) is 0 Å². The summed E-state index contributed by atoms with van der Waals surface area (Å²) in [7, 11) is -1.91. The van der Waals surface area contributed by atoms with E-state index in [1.165, 1.54) is 0 Å². The lowest BCUT2D eigenvalue weighted by atomic mass is 9.93. The Balaban J connectivity index is 2.25. The summed E-state index contributed by atoms with van der Waals surface area (Å²) in [6.07, 6.45) is -0.803. The van der Waals surface area contributed by atoms with Crippen LogP contribution in [0.5, 0.6) is 0 Å². The quantitative estimate of drug-likeness (QED) is 0.810. The number of rotatable bonds is 3. The van der Waals surface area contributed by atoms with Crippen molar-refractivity contribution in [3.8, 4) is 0 Å². The van der Waals surface area contributed by atoms with Crippen LogP contribution >= 0.6 is 0 Å². The van der Waals surface area contributed by atoms with Crippen molar-refractivity contribution < 1.29 is 19.0 Å². The van der Waals surface area contributed by atoms with Gasteiger partial charge in [-0.2, -0.15) is 0 Å². The summed E-state index contributed by atoms with van der Waals surface area (Å²) in [4.78, 5) is 0. The molecule has 2 aliphatic rings. The van der Waals surface area contributed by atoms with Gasteiger partial charge in [0.1, 0.15) is 17.8 Å². The number of ether oxygens (including phenoxy) is 2. The molecule has 2 rings (SSSR count). The fourth-order valence-corrected chi connectivity index (χ4v) is 4.01. The highest BCUT2D eigenvalue weighted by atomic mass is 28.4. The number of hydrogen-bond donors (Lipinski definition) is 1. The number of hydrogen-bond acceptors (Lipinski definition) is 4. The Bertz CT molecular complexity index is 350. The van der Waals surface area contributed by atoms with E-state index in [1.807, 2.05) is 6.92 Å². The minimum Gasteiger partial charge on any atom is -0.408 e. The molecule has 2 aliphatic heterocycles. The maximum absolute atomic E-state index is 10.1. The van der Waals surface area contributed by atoms with Crippen LogP contribution in [-0.4, -0.2) is 50.0 Å². The molecule has 0 aliphatic carbocycles. The predicted molar refractivity (Wildman–Crippen MR) is 76.8 cm³/mol. The number of fused-ring (bicyclic) bond motifs is 2. The minimum atomic E-state index is -1.91. The van der Waals surface area contributed by atoms with Crippen molar-refractivity contribution in [2.45, 2.75) is 82.8 Å². The molecule has 5 heteroatoms. The summed E-state index contributed by atoms with van der Waals surface area (Å²) in [5, 5.41) is 10.3. The molecule has 0 aromatic heterocycles. The highest BCUT2D eigenvalue weighted by Gasteiger charge is 2.64. The van der Waals surface area contributed by atoms with Gasteiger partial charge in [-0.05, 0) is 32.0 Å². The molecule has 0 amide bonds. The van der Waals surface area contributed by atoms with Crippen molar-refractivity contribution in [1.29, 1.82) is 0 Å². The van der Waals surface area contributed by atoms with Gasteiger partial charge in [-0.15, -0.1) is 0 Å². The van der Waals surface area contributed by atoms with Gasteiger partial charge in [0.15, 0.2) is 8.32 Å². The van der Waals surface area contributed by atoms with Gasteiger partial charge in [0, 0.05) is 0 Å². The van der Waals surface area contributed by atoms with Gasteiger partial charge in [-0.1, -0.05) is 20.8 Å². The lowest BCUT2D eigenvalue weighted by molar-refractivity contribution is -0.178. The van der Waals surface area contributed by atoms with Gasteiger partial charge in [0.2, 0.25) is 0 Å². The van der Waals surface area contributed by atoms with Gasteiger partial charge in [0.05, 0.1) is 18.8 Å². The van der Waals surface area contributed by atoms with Crippen LogP contribution in [0.1, 0.15) is 34.6 Å². The third-order valence-electron chi connectivity index (χ3n) is 5.08. The van der Waals surface area contributed by atoms with E-state index in [9.17, 15) is 5.11 Å². The molecule has 0 aromatic carbocycles. The van der Waals surface area contributed by atoms with Gasteiger partial charge in [-0.25, -0.2) is 0 Å². The smallest absolute Gasteiger partial charge is 0.192 e. The Morgan fingerprint density at radius 3 is 2.37 bits per heavy atom. The zero-order valence-electron chi connectivity index (χ0n) is 13.2. The molecule has 112 valence electrons. The molecule has 1 unspecified atom stereocenters. The van der Waals surface area contributed by atoms with Crippen molar-refractivity contribution in [2.24, 2.45) is 0 Å². The topological polar surface area (TPSA) is 47.9 Å². The SMILES string of the molecule is CC(O)[C@@]12CO[C@@H]([C@H](C)O1)[C@@H]2O[Si](C)(C)C(C)(C)C. The van der Waals surface area contributed by atoms with Crippen LogP contribution in [0.25, 0.3) is 0 Å². The van der Waals surface area contributed by atoms with Crippen LogP contribution in [0, 0.1) is 0 Å². The molecule has 2 heterocycles. The number of aliphatic hydroxyl groups excluding tert-OH is 1. The van der Waals surface area contributed by atoms with E-state index >= 15 is 0 Å². The van der Waals surface area contributed by atoms with E-state index in [0.29, 0.717) is 6.61 Å². The fraction of sp³-hybridized carbons (Fsp3) is 1.00. The molecule has 0 radical (unpaired) electrons. The first-order valence-corrected chi connectivity index (χ1v) is 10.1. The molecule has 2 fully saturated rings. The second-order valence-electron chi connectivity index (χ2n) is 7.53. The Morgan fingerprint density at radius 1 is 1.37 bits per heavy atom. The van der Waals surface area contributed by atoms with Crippen LogP contribution in [0.15, 0.2) is 0 Å². The van der Waals surface area contributed by atoms with Crippen molar-refractivity contribution in [2.75, 3.05) is 6.61 Å². The molecule has 2 saturated heterocycles. The molecule has 0 aromatic rings. The molecular formula is C14H28O4Si. The fourth-order valence-electron chi connectivity index (χ4n) is 2.69. The van der Waals surface area contributed by atoms with E-state index in [4.69, 9.17) is 13.9 Å². The summed E-state index contributed by atoms with van der Waals surface area (Å²) < 4.78 is 18.3. The van der Waals surface area contributed by atoms with E-state index in [0.717, 1.165) is 0 Å². The third-order valence-corrected chi connectivity index (χ3v) is 9.54. The van der Waals surface area contributed by atoms with Gasteiger partial charge < -0.3 is 19.0 Å². The highest BCUT2D eigenvalue weighted by molar-refractivity contribution is 6.74. The minimum absolute atomic E-state index is 0.0156. The monoisotopic (exact) mass is 288 g/mol. The first kappa shape index (κ1) is 15.4. The maximum Gasteiger partial charge on any atom is 0.192 e. The highest BCUT2D eigenvalue weighted by Crippen LogP contribution is 2.47. The number of aliphatic hydroxyl groups is 1. The third kappa shape index (κ3) is 2.29. The Morgan fingerprint density at radius 2 is 1.95 bits per heavy atom. The van der Waals surface area contributed by atoms with Crippen LogP contribution in [-0.2, 0) is 13.9 Å². The average Bonchev–Trinajstić information content (AvgIpc) is 2.68. The Labute approximate surface area is 117 Å². The first-order valence-electron chi connectivity index (χ1n) is 7.16. The zero-order chi connectivity index (χ0) is 14.6. The molecule has 0 saturated carbocycles. The maximum atomic E-state index is 10.1. The predicted octanol–water partition coefficient (Wildman–Crippen LogP) is 2.31. The molecule has 1 N–H and O–H groups in total. The summed E-state index contributed by atoms with van der Waals surface area (Å²) in [6.45, 7) is 15.3. The second-order valence-corrected chi connectivity index (χ2v) is 12.3. The summed E-state index contributed by atoms with van der Waals surface area (Å²) in [5.41, 5.74) is -0.681. The average molecular weight is 288 g/mol. The summed E-state index contributed by atoms with van der Waals surface area (Å²) in [6, 6.07) is 0. The van der Waals surface area contributed by atoms with Crippen molar-refractivity contribution in [3.63, 3.8) is 0 Å². The summed E-state index contributed by atoms with van der Waals surface area (Å²) in [5.74, 6) is 0. The first-order chi connectivity index (χ1) is 8.51. The van der Waals surface area contributed by atoms with Crippen molar-refractivity contribution in [1.82, 2.24) is 0 Å². The second kappa shape index (κ2) is 4.53. The molecule has 0 spiro atoms. The van der Waals surface area contributed by atoms with E-state index in [-0.39, 0.29) is 23.4 Å². The van der Waals surface area contributed by atoms with E-state index in [1.54, 1.807) is 6.92 Å².